The van der Waals surface area contributed by atoms with Crippen molar-refractivity contribution in [1.82, 2.24) is 14.3 Å². The van der Waals surface area contributed by atoms with Gasteiger partial charge in [0.05, 0.1) is 0 Å². The molecule has 3 N–H and O–H groups in total. The predicted molar refractivity (Wildman–Crippen MR) is 63.9 cm³/mol. The molecule has 0 unspecified atom stereocenters. The number of nitriles is 1. The molecule has 16 heavy (non-hydrogen) atoms. The maximum atomic E-state index is 8.93. The van der Waals surface area contributed by atoms with Crippen LogP contribution >= 0.6 is 11.5 Å². The number of aromatic nitrogens is 1. The van der Waals surface area contributed by atoms with Gasteiger partial charge in [-0.3, -0.25) is 0 Å². The van der Waals surface area contributed by atoms with Gasteiger partial charge in [0.1, 0.15) is 16.6 Å². The van der Waals surface area contributed by atoms with E-state index in [1.165, 1.54) is 11.5 Å². The third-order valence-corrected chi connectivity index (χ3v) is 3.36. The van der Waals surface area contributed by atoms with E-state index in [1.54, 1.807) is 0 Å². The number of hydrogen-bond acceptors (Lipinski definition) is 7. The molecule has 2 rings (SSSR count). The van der Waals surface area contributed by atoms with E-state index in [4.69, 9.17) is 11.0 Å². The summed E-state index contributed by atoms with van der Waals surface area (Å²) in [4.78, 5) is 2.27. The summed E-state index contributed by atoms with van der Waals surface area (Å²) in [5.41, 5.74) is 9.24. The van der Waals surface area contributed by atoms with Gasteiger partial charge in [-0.15, -0.1) is 0 Å². The molecule has 1 aromatic heterocycles. The second-order valence-electron chi connectivity index (χ2n) is 3.79. The van der Waals surface area contributed by atoms with Gasteiger partial charge < -0.3 is 16.1 Å². The van der Waals surface area contributed by atoms with E-state index in [0.29, 0.717) is 11.4 Å². The summed E-state index contributed by atoms with van der Waals surface area (Å²) in [6.07, 6.45) is 0. The van der Waals surface area contributed by atoms with E-state index in [-0.39, 0.29) is 0 Å². The normalized spacial score (nSPS) is 18.2. The highest BCUT2D eigenvalue weighted by Gasteiger charge is 2.17. The monoisotopic (exact) mass is 238 g/mol. The minimum atomic E-state index is 0.309. The van der Waals surface area contributed by atoms with Crippen molar-refractivity contribution < 1.29 is 0 Å². The summed E-state index contributed by atoms with van der Waals surface area (Å²) in [5.74, 6) is 0.309. The lowest BCUT2D eigenvalue weighted by Gasteiger charge is -2.32. The van der Waals surface area contributed by atoms with Crippen LogP contribution in [-0.2, 0) is 0 Å². The molecular weight excluding hydrogens is 224 g/mol. The van der Waals surface area contributed by atoms with Crippen molar-refractivity contribution in [3.8, 4) is 6.07 Å². The zero-order valence-electron chi connectivity index (χ0n) is 9.10. The zero-order valence-corrected chi connectivity index (χ0v) is 9.92. The van der Waals surface area contributed by atoms with Crippen LogP contribution in [0.1, 0.15) is 5.56 Å². The topological polar surface area (TPSA) is 81.2 Å². The van der Waals surface area contributed by atoms with Gasteiger partial charge in [-0.2, -0.15) is 9.64 Å². The Hall–Kier alpha value is -1.36. The van der Waals surface area contributed by atoms with Crippen molar-refractivity contribution in [1.29, 1.82) is 5.26 Å². The number of hydrazine groups is 1. The maximum Gasteiger partial charge on any atom is 0.157 e. The lowest BCUT2D eigenvalue weighted by Crippen LogP contribution is -2.46. The highest BCUT2D eigenvalue weighted by molar-refractivity contribution is 7.10. The molecule has 0 saturated carbocycles. The smallest absolute Gasteiger partial charge is 0.157 e. The molecule has 7 heteroatoms. The first-order chi connectivity index (χ1) is 7.70. The molecule has 0 aromatic carbocycles. The number of rotatable bonds is 2. The van der Waals surface area contributed by atoms with Crippen molar-refractivity contribution in [2.75, 3.05) is 44.4 Å². The van der Waals surface area contributed by atoms with Gasteiger partial charge in [0, 0.05) is 26.2 Å². The Bertz CT molecular complexity index is 401. The van der Waals surface area contributed by atoms with Crippen molar-refractivity contribution in [3.63, 3.8) is 0 Å². The molecule has 0 atom stereocenters. The van der Waals surface area contributed by atoms with Crippen LogP contribution in [-0.4, -0.2) is 47.5 Å². The largest absolute Gasteiger partial charge is 0.382 e. The average molecular weight is 238 g/mol. The Morgan fingerprint density at radius 2 is 2.12 bits per heavy atom. The van der Waals surface area contributed by atoms with Crippen LogP contribution in [0.25, 0.3) is 0 Å². The third kappa shape index (κ3) is 2.24. The van der Waals surface area contributed by atoms with Gasteiger partial charge in [0.2, 0.25) is 0 Å². The Morgan fingerprint density at radius 1 is 1.44 bits per heavy atom. The summed E-state index contributed by atoms with van der Waals surface area (Å²) < 4.78 is 3.97. The molecule has 0 radical (unpaired) electrons. The van der Waals surface area contributed by atoms with Gasteiger partial charge in [0.25, 0.3) is 0 Å². The molecule has 0 spiro atoms. The van der Waals surface area contributed by atoms with E-state index < -0.39 is 0 Å². The van der Waals surface area contributed by atoms with Crippen LogP contribution in [0.2, 0.25) is 0 Å². The van der Waals surface area contributed by atoms with E-state index in [0.717, 1.165) is 31.2 Å². The minimum Gasteiger partial charge on any atom is -0.382 e. The van der Waals surface area contributed by atoms with Gasteiger partial charge in [-0.05, 0) is 18.6 Å². The fourth-order valence-electron chi connectivity index (χ4n) is 1.55. The molecule has 1 aliphatic rings. The number of nitrogen functional groups attached to an aromatic ring is 1. The van der Waals surface area contributed by atoms with Crippen molar-refractivity contribution in [2.24, 2.45) is 0 Å². The van der Waals surface area contributed by atoms with Crippen molar-refractivity contribution in [2.45, 2.75) is 0 Å². The molecule has 0 aliphatic carbocycles. The van der Waals surface area contributed by atoms with Crippen LogP contribution in [0.5, 0.6) is 0 Å². The number of nitrogens with one attached hydrogen (secondary N) is 1. The first-order valence-electron chi connectivity index (χ1n) is 5.06. The number of piperazine rings is 1. The Kier molecular flexibility index (Phi) is 3.24. The van der Waals surface area contributed by atoms with Crippen LogP contribution in [0.15, 0.2) is 0 Å². The summed E-state index contributed by atoms with van der Waals surface area (Å²) in [7, 11) is 2.10. The highest BCUT2D eigenvalue weighted by atomic mass is 32.1. The number of nitrogens with two attached hydrogens (primary N) is 1. The fourth-order valence-corrected chi connectivity index (χ4v) is 2.24. The minimum absolute atomic E-state index is 0.309. The molecule has 86 valence electrons. The Balaban J connectivity index is 2.02. The molecule has 1 saturated heterocycles. The summed E-state index contributed by atoms with van der Waals surface area (Å²) in [6.45, 7) is 3.89. The van der Waals surface area contributed by atoms with Gasteiger partial charge in [0.15, 0.2) is 5.82 Å². The lowest BCUT2D eigenvalue weighted by molar-refractivity contribution is 0.179. The second-order valence-corrected chi connectivity index (χ2v) is 4.56. The van der Waals surface area contributed by atoms with Gasteiger partial charge in [-0.25, -0.2) is 5.01 Å². The fraction of sp³-hybridized carbons (Fsp3) is 0.556. The van der Waals surface area contributed by atoms with Gasteiger partial charge >= 0.3 is 0 Å². The maximum absolute atomic E-state index is 8.93. The molecular formula is C9H14N6S. The van der Waals surface area contributed by atoms with E-state index in [9.17, 15) is 0 Å². The van der Waals surface area contributed by atoms with E-state index in [2.05, 4.69) is 32.8 Å². The summed E-state index contributed by atoms with van der Waals surface area (Å²) in [6, 6.07) is 2.07. The van der Waals surface area contributed by atoms with E-state index in [1.807, 2.05) is 0 Å². The molecule has 0 amide bonds. The zero-order chi connectivity index (χ0) is 11.5. The van der Waals surface area contributed by atoms with Crippen LogP contribution in [0, 0.1) is 11.3 Å². The molecule has 1 aliphatic heterocycles. The lowest BCUT2D eigenvalue weighted by atomic mass is 10.3. The summed E-state index contributed by atoms with van der Waals surface area (Å²) >= 11 is 1.23. The molecule has 6 nitrogen and oxygen atoms in total. The molecule has 1 fully saturated rings. The van der Waals surface area contributed by atoms with Gasteiger partial charge in [-0.1, -0.05) is 0 Å². The number of nitrogens with zero attached hydrogens (tertiary/aromatic N) is 4. The standard InChI is InChI=1S/C9H14N6S/c1-14-2-4-15(5-3-14)12-9-7(6-10)8(11)13-16-9/h12H,2-5H2,1H3,(H2,11,13). The number of anilines is 2. The quantitative estimate of drug-likeness (QED) is 0.764. The van der Waals surface area contributed by atoms with Crippen LogP contribution < -0.4 is 11.2 Å². The molecule has 0 bridgehead atoms. The van der Waals surface area contributed by atoms with Crippen LogP contribution in [0.4, 0.5) is 10.8 Å². The Labute approximate surface area is 98.4 Å². The highest BCUT2D eigenvalue weighted by Crippen LogP contribution is 2.26. The van der Waals surface area contributed by atoms with E-state index >= 15 is 0 Å². The SMILES string of the molecule is CN1CCN(Nc2snc(N)c2C#N)CC1. The molecule has 1 aromatic rings. The number of likely N-dealkylation sites (N-methyl/N-ethyl adjacent to an activating group) is 1. The molecule has 2 heterocycles. The third-order valence-electron chi connectivity index (χ3n) is 2.59. The van der Waals surface area contributed by atoms with Crippen LogP contribution in [0.3, 0.4) is 0 Å². The predicted octanol–water partition coefficient (Wildman–Crippen LogP) is 0.171. The first kappa shape index (κ1) is 11.1. The first-order valence-corrected chi connectivity index (χ1v) is 5.83. The average Bonchev–Trinajstić information content (AvgIpc) is 2.63. The number of hydrogen-bond donors (Lipinski definition) is 2. The van der Waals surface area contributed by atoms with Crippen molar-refractivity contribution in [3.05, 3.63) is 5.56 Å². The second kappa shape index (κ2) is 4.65. The van der Waals surface area contributed by atoms with Crippen molar-refractivity contribution >= 4 is 22.4 Å². The Morgan fingerprint density at radius 3 is 2.75 bits per heavy atom. The summed E-state index contributed by atoms with van der Waals surface area (Å²) in [5, 5.41) is 11.8.